The van der Waals surface area contributed by atoms with Crippen molar-refractivity contribution in [2.24, 2.45) is 17.8 Å². The fourth-order valence-electron chi connectivity index (χ4n) is 3.34. The minimum atomic E-state index is -0.0692. The van der Waals surface area contributed by atoms with E-state index in [-0.39, 0.29) is 11.9 Å². The molecule has 1 aliphatic carbocycles. The smallest absolute Gasteiger partial charge is 0.314 e. The van der Waals surface area contributed by atoms with Gasteiger partial charge in [-0.25, -0.2) is 4.79 Å². The summed E-state index contributed by atoms with van der Waals surface area (Å²) in [6, 6.07) is 7.32. The topological polar surface area (TPSA) is 70.2 Å². The van der Waals surface area contributed by atoms with Gasteiger partial charge in [0.05, 0.1) is 6.42 Å². The molecule has 0 aromatic heterocycles. The summed E-state index contributed by atoms with van der Waals surface area (Å²) in [4.78, 5) is 23.8. The summed E-state index contributed by atoms with van der Waals surface area (Å²) in [5.41, 5.74) is 0.974. The van der Waals surface area contributed by atoms with Gasteiger partial charge in [-0.2, -0.15) is 0 Å². The van der Waals surface area contributed by atoms with E-state index in [1.165, 1.54) is 0 Å². The van der Waals surface area contributed by atoms with E-state index in [1.54, 1.807) is 0 Å². The van der Waals surface area contributed by atoms with Crippen LogP contribution in [-0.4, -0.2) is 31.6 Å². The van der Waals surface area contributed by atoms with Gasteiger partial charge in [0.15, 0.2) is 0 Å². The molecule has 0 spiro atoms. The highest BCUT2D eigenvalue weighted by molar-refractivity contribution is 6.30. The maximum Gasteiger partial charge on any atom is 0.314 e. The first kappa shape index (κ1) is 21.5. The van der Waals surface area contributed by atoms with Crippen LogP contribution in [0.25, 0.3) is 0 Å². The third-order valence-corrected chi connectivity index (χ3v) is 5.31. The quantitative estimate of drug-likeness (QED) is 0.629. The van der Waals surface area contributed by atoms with Gasteiger partial charge in [0, 0.05) is 24.7 Å². The summed E-state index contributed by atoms with van der Waals surface area (Å²) in [6.45, 7) is 6.33. The lowest BCUT2D eigenvalue weighted by Crippen LogP contribution is -2.40. The molecule has 0 heterocycles. The standard InChI is InChI=1S/C21H32ClN3O2/c1-15(2)12-24-21(27)25-14-18-5-3-17(4-6-18)13-23-20(26)11-16-7-9-19(22)10-8-16/h7-10,15,17-18H,3-6,11-14H2,1-2H3,(H,23,26)(H2,24,25,27). The lowest BCUT2D eigenvalue weighted by Gasteiger charge is -2.28. The van der Waals surface area contributed by atoms with Crippen LogP contribution in [-0.2, 0) is 11.2 Å². The largest absolute Gasteiger partial charge is 0.356 e. The summed E-state index contributed by atoms with van der Waals surface area (Å²) in [5, 5.41) is 9.60. The van der Waals surface area contributed by atoms with Gasteiger partial charge in [-0.05, 0) is 61.1 Å². The number of carbonyl (C=O) groups excluding carboxylic acids is 2. The van der Waals surface area contributed by atoms with Crippen molar-refractivity contribution in [3.05, 3.63) is 34.9 Å². The number of nitrogens with one attached hydrogen (secondary N) is 3. The summed E-state index contributed by atoms with van der Waals surface area (Å²) in [5.74, 6) is 1.59. The number of carbonyl (C=O) groups is 2. The third-order valence-electron chi connectivity index (χ3n) is 5.05. The van der Waals surface area contributed by atoms with E-state index >= 15 is 0 Å². The van der Waals surface area contributed by atoms with Gasteiger partial charge in [0.25, 0.3) is 0 Å². The van der Waals surface area contributed by atoms with Crippen LogP contribution in [0, 0.1) is 17.8 Å². The molecule has 3 amide bonds. The van der Waals surface area contributed by atoms with E-state index in [4.69, 9.17) is 11.6 Å². The SMILES string of the molecule is CC(C)CNC(=O)NCC1CCC(CNC(=O)Cc2ccc(Cl)cc2)CC1. The van der Waals surface area contributed by atoms with Gasteiger partial charge in [-0.1, -0.05) is 37.6 Å². The van der Waals surface area contributed by atoms with Crippen molar-refractivity contribution in [1.82, 2.24) is 16.0 Å². The second-order valence-electron chi connectivity index (χ2n) is 7.98. The molecule has 5 nitrogen and oxygen atoms in total. The Bertz CT molecular complexity index is 596. The predicted molar refractivity (Wildman–Crippen MR) is 110 cm³/mol. The number of rotatable bonds is 8. The summed E-state index contributed by atoms with van der Waals surface area (Å²) >= 11 is 5.86. The average Bonchev–Trinajstić information content (AvgIpc) is 2.65. The Hall–Kier alpha value is -1.75. The molecule has 0 atom stereocenters. The molecular formula is C21H32ClN3O2. The fourth-order valence-corrected chi connectivity index (χ4v) is 3.47. The molecule has 0 bridgehead atoms. The van der Waals surface area contributed by atoms with Gasteiger partial charge >= 0.3 is 6.03 Å². The number of benzene rings is 1. The lowest BCUT2D eigenvalue weighted by atomic mass is 9.82. The van der Waals surface area contributed by atoms with Crippen molar-refractivity contribution in [3.8, 4) is 0 Å². The second kappa shape index (κ2) is 11.2. The summed E-state index contributed by atoms with van der Waals surface area (Å²) in [7, 11) is 0. The average molecular weight is 394 g/mol. The lowest BCUT2D eigenvalue weighted by molar-refractivity contribution is -0.120. The molecule has 1 aromatic rings. The summed E-state index contributed by atoms with van der Waals surface area (Å²) in [6.07, 6.45) is 4.79. The van der Waals surface area contributed by atoms with Crippen LogP contribution < -0.4 is 16.0 Å². The van der Waals surface area contributed by atoms with E-state index in [0.29, 0.717) is 35.7 Å². The minimum Gasteiger partial charge on any atom is -0.356 e. The van der Waals surface area contributed by atoms with Crippen molar-refractivity contribution in [2.45, 2.75) is 46.0 Å². The Morgan fingerprint density at radius 3 is 2.07 bits per heavy atom. The Morgan fingerprint density at radius 2 is 1.52 bits per heavy atom. The van der Waals surface area contributed by atoms with Crippen LogP contribution in [0.5, 0.6) is 0 Å². The van der Waals surface area contributed by atoms with E-state index < -0.39 is 0 Å². The Balaban J connectivity index is 1.58. The third kappa shape index (κ3) is 8.65. The van der Waals surface area contributed by atoms with Gasteiger partial charge in [0.1, 0.15) is 0 Å². The number of hydrogen-bond donors (Lipinski definition) is 3. The highest BCUT2D eigenvalue weighted by atomic mass is 35.5. The number of hydrogen-bond acceptors (Lipinski definition) is 2. The molecule has 2 rings (SSSR count). The number of urea groups is 1. The maximum atomic E-state index is 12.1. The molecule has 150 valence electrons. The number of halogens is 1. The molecule has 0 unspecified atom stereocenters. The van der Waals surface area contributed by atoms with Crippen LogP contribution in [0.1, 0.15) is 45.1 Å². The zero-order chi connectivity index (χ0) is 19.6. The van der Waals surface area contributed by atoms with Crippen molar-refractivity contribution in [1.29, 1.82) is 0 Å². The second-order valence-corrected chi connectivity index (χ2v) is 8.42. The molecular weight excluding hydrogens is 362 g/mol. The molecule has 0 aliphatic heterocycles. The first-order chi connectivity index (χ1) is 12.9. The predicted octanol–water partition coefficient (Wildman–Crippen LogP) is 3.76. The Morgan fingerprint density at radius 1 is 0.963 bits per heavy atom. The zero-order valence-electron chi connectivity index (χ0n) is 16.4. The summed E-state index contributed by atoms with van der Waals surface area (Å²) < 4.78 is 0. The number of amides is 3. The molecule has 3 N–H and O–H groups in total. The first-order valence-electron chi connectivity index (χ1n) is 9.95. The molecule has 0 saturated heterocycles. The van der Waals surface area contributed by atoms with Crippen molar-refractivity contribution >= 4 is 23.5 Å². The molecule has 27 heavy (non-hydrogen) atoms. The normalized spacial score (nSPS) is 19.6. The monoisotopic (exact) mass is 393 g/mol. The van der Waals surface area contributed by atoms with Gasteiger partial charge < -0.3 is 16.0 Å². The van der Waals surface area contributed by atoms with Gasteiger partial charge in [-0.3, -0.25) is 4.79 Å². The van der Waals surface area contributed by atoms with Gasteiger partial charge in [-0.15, -0.1) is 0 Å². The maximum absolute atomic E-state index is 12.1. The molecule has 1 aromatic carbocycles. The van der Waals surface area contributed by atoms with E-state index in [9.17, 15) is 9.59 Å². The minimum absolute atomic E-state index is 0.0583. The van der Waals surface area contributed by atoms with Crippen LogP contribution in [0.2, 0.25) is 5.02 Å². The highest BCUT2D eigenvalue weighted by Gasteiger charge is 2.22. The molecule has 1 aliphatic rings. The van der Waals surface area contributed by atoms with E-state index in [1.807, 2.05) is 24.3 Å². The molecule has 1 fully saturated rings. The van der Waals surface area contributed by atoms with Crippen LogP contribution in [0.3, 0.4) is 0 Å². The molecule has 1 saturated carbocycles. The zero-order valence-corrected chi connectivity index (χ0v) is 17.1. The van der Waals surface area contributed by atoms with E-state index in [0.717, 1.165) is 44.3 Å². The highest BCUT2D eigenvalue weighted by Crippen LogP contribution is 2.27. The van der Waals surface area contributed by atoms with Crippen molar-refractivity contribution in [2.75, 3.05) is 19.6 Å². The van der Waals surface area contributed by atoms with Gasteiger partial charge in [0.2, 0.25) is 5.91 Å². The van der Waals surface area contributed by atoms with Crippen LogP contribution in [0.15, 0.2) is 24.3 Å². The molecule has 0 radical (unpaired) electrons. The van der Waals surface area contributed by atoms with Crippen LogP contribution in [0.4, 0.5) is 4.79 Å². The van der Waals surface area contributed by atoms with E-state index in [2.05, 4.69) is 29.8 Å². The van der Waals surface area contributed by atoms with Crippen molar-refractivity contribution < 1.29 is 9.59 Å². The Labute approximate surface area is 167 Å². The van der Waals surface area contributed by atoms with Crippen molar-refractivity contribution in [3.63, 3.8) is 0 Å². The molecule has 6 heteroatoms. The van der Waals surface area contributed by atoms with Crippen LogP contribution >= 0.6 is 11.6 Å². The first-order valence-corrected chi connectivity index (χ1v) is 10.3. The fraction of sp³-hybridized carbons (Fsp3) is 0.619. The Kier molecular flexibility index (Phi) is 8.92.